The lowest BCUT2D eigenvalue weighted by Crippen LogP contribution is -2.55. The molecule has 164 valence electrons. The van der Waals surface area contributed by atoms with Crippen molar-refractivity contribution >= 4 is 17.4 Å². The van der Waals surface area contributed by atoms with Gasteiger partial charge in [0, 0.05) is 25.3 Å². The number of halogens is 1. The molecule has 2 aromatic carbocycles. The summed E-state index contributed by atoms with van der Waals surface area (Å²) in [4.78, 5) is 15.3. The highest BCUT2D eigenvalue weighted by Gasteiger charge is 2.36. The molecule has 0 saturated carbocycles. The number of aromatic nitrogens is 2. The number of H-pyrrole nitrogens is 1. The molecule has 4 rings (SSSR count). The summed E-state index contributed by atoms with van der Waals surface area (Å²) in [5.74, 6) is -0.0130. The lowest BCUT2D eigenvalue weighted by Gasteiger charge is -2.41. The summed E-state index contributed by atoms with van der Waals surface area (Å²) in [5.41, 5.74) is 1.54. The molecule has 3 N–H and O–H groups in total. The van der Waals surface area contributed by atoms with Crippen molar-refractivity contribution in [1.82, 2.24) is 20.4 Å². The molecule has 0 aliphatic carbocycles. The molecule has 0 atom stereocenters. The van der Waals surface area contributed by atoms with Crippen molar-refractivity contribution in [3.8, 4) is 6.07 Å². The Balaban J connectivity index is 1.41. The Morgan fingerprint density at radius 3 is 2.69 bits per heavy atom. The van der Waals surface area contributed by atoms with E-state index >= 15 is 0 Å². The van der Waals surface area contributed by atoms with Crippen LogP contribution in [0.4, 0.5) is 15.9 Å². The fourth-order valence-electron chi connectivity index (χ4n) is 4.06. The summed E-state index contributed by atoms with van der Waals surface area (Å²) in [6, 6.07) is 18.3. The summed E-state index contributed by atoms with van der Waals surface area (Å²) >= 11 is 0. The predicted molar refractivity (Wildman–Crippen MR) is 120 cm³/mol. The van der Waals surface area contributed by atoms with Gasteiger partial charge in [-0.1, -0.05) is 30.3 Å². The second-order valence-electron chi connectivity index (χ2n) is 8.13. The van der Waals surface area contributed by atoms with Crippen molar-refractivity contribution < 1.29 is 9.18 Å². The highest BCUT2D eigenvalue weighted by atomic mass is 19.1. The summed E-state index contributed by atoms with van der Waals surface area (Å²) in [6.07, 6.45) is 2.99. The molecule has 7 nitrogen and oxygen atoms in total. The second-order valence-corrected chi connectivity index (χ2v) is 8.13. The molecule has 32 heavy (non-hydrogen) atoms. The number of aromatic amines is 1. The first-order chi connectivity index (χ1) is 15.6. The maximum Gasteiger partial charge on any atom is 0.257 e. The van der Waals surface area contributed by atoms with E-state index in [1.165, 1.54) is 12.3 Å². The number of benzene rings is 2. The minimum atomic E-state index is -0.606. The van der Waals surface area contributed by atoms with Gasteiger partial charge in [0.05, 0.1) is 24.2 Å². The van der Waals surface area contributed by atoms with Gasteiger partial charge in [-0.2, -0.15) is 10.4 Å². The summed E-state index contributed by atoms with van der Waals surface area (Å²) in [6.45, 7) is 2.05. The number of carbonyl (C=O) groups excluding carboxylic acids is 1. The number of hydrogen-bond donors (Lipinski definition) is 3. The number of hydrogen-bond acceptors (Lipinski definition) is 5. The van der Waals surface area contributed by atoms with E-state index in [9.17, 15) is 14.4 Å². The Morgan fingerprint density at radius 2 is 1.97 bits per heavy atom. The van der Waals surface area contributed by atoms with Crippen molar-refractivity contribution in [3.63, 3.8) is 0 Å². The van der Waals surface area contributed by atoms with Crippen LogP contribution >= 0.6 is 0 Å². The third-order valence-electron chi connectivity index (χ3n) is 5.83. The summed E-state index contributed by atoms with van der Waals surface area (Å²) in [7, 11) is 0. The average Bonchev–Trinajstić information content (AvgIpc) is 3.25. The van der Waals surface area contributed by atoms with Gasteiger partial charge in [0.15, 0.2) is 0 Å². The van der Waals surface area contributed by atoms with Gasteiger partial charge < -0.3 is 10.6 Å². The predicted octanol–water partition coefficient (Wildman–Crippen LogP) is 3.97. The first-order valence-corrected chi connectivity index (χ1v) is 10.6. The van der Waals surface area contributed by atoms with Crippen molar-refractivity contribution in [2.24, 2.45) is 0 Å². The zero-order valence-electron chi connectivity index (χ0n) is 17.6. The quantitative estimate of drug-likeness (QED) is 0.525. The molecule has 1 saturated heterocycles. The third kappa shape index (κ3) is 5.13. The molecule has 0 bridgehead atoms. The second kappa shape index (κ2) is 9.62. The van der Waals surface area contributed by atoms with E-state index < -0.39 is 5.54 Å². The van der Waals surface area contributed by atoms with Crippen LogP contribution in [0.2, 0.25) is 0 Å². The monoisotopic (exact) mass is 432 g/mol. The minimum Gasteiger partial charge on any atom is -0.345 e. The maximum atomic E-state index is 13.5. The van der Waals surface area contributed by atoms with Gasteiger partial charge in [0.1, 0.15) is 17.2 Å². The van der Waals surface area contributed by atoms with Crippen LogP contribution in [-0.4, -0.2) is 39.6 Å². The van der Waals surface area contributed by atoms with Gasteiger partial charge in [0.25, 0.3) is 5.91 Å². The van der Waals surface area contributed by atoms with Crippen LogP contribution in [0.25, 0.3) is 0 Å². The van der Waals surface area contributed by atoms with Gasteiger partial charge in [-0.15, -0.1) is 0 Å². The number of nitrogens with zero attached hydrogens (tertiary/aromatic N) is 3. The van der Waals surface area contributed by atoms with E-state index in [1.54, 1.807) is 12.1 Å². The summed E-state index contributed by atoms with van der Waals surface area (Å²) in [5, 5.41) is 22.5. The molecule has 1 fully saturated rings. The third-order valence-corrected chi connectivity index (χ3v) is 5.83. The van der Waals surface area contributed by atoms with Crippen LogP contribution in [0.1, 0.15) is 35.2 Å². The highest BCUT2D eigenvalue weighted by molar-refractivity contribution is 5.99. The number of carbonyl (C=O) groups is 1. The summed E-state index contributed by atoms with van der Waals surface area (Å²) < 4.78 is 13.5. The highest BCUT2D eigenvalue weighted by Crippen LogP contribution is 2.28. The Morgan fingerprint density at radius 1 is 1.19 bits per heavy atom. The maximum absolute atomic E-state index is 13.5. The lowest BCUT2D eigenvalue weighted by molar-refractivity contribution is 0.0807. The van der Waals surface area contributed by atoms with Crippen LogP contribution in [-0.2, 0) is 6.54 Å². The first kappa shape index (κ1) is 21.5. The standard InChI is InChI=1S/C24H25FN6O/c25-19-6-4-5-18(15-19)17-31-13-10-24(9-12-26,11-14-31)29-23(32)21-16-27-30-22(21)28-20-7-2-1-3-8-20/h1-8,15-16H,9-11,13-14,17H2,(H,29,32)(H2,27,28,30). The number of para-hydroxylation sites is 1. The molecule has 0 radical (unpaired) electrons. The fourth-order valence-corrected chi connectivity index (χ4v) is 4.06. The lowest BCUT2D eigenvalue weighted by atomic mass is 9.84. The molecular formula is C24H25FN6O. The number of nitrogens with one attached hydrogen (secondary N) is 3. The van der Waals surface area contributed by atoms with Crippen molar-refractivity contribution in [3.05, 3.63) is 77.7 Å². The van der Waals surface area contributed by atoms with Gasteiger partial charge >= 0.3 is 0 Å². The van der Waals surface area contributed by atoms with Crippen molar-refractivity contribution in [2.75, 3.05) is 18.4 Å². The van der Waals surface area contributed by atoms with E-state index in [0.717, 1.165) is 11.3 Å². The minimum absolute atomic E-state index is 0.228. The van der Waals surface area contributed by atoms with Crippen LogP contribution in [0.3, 0.4) is 0 Å². The molecule has 0 spiro atoms. The molecule has 1 amide bonds. The molecule has 0 unspecified atom stereocenters. The van der Waals surface area contributed by atoms with Crippen LogP contribution < -0.4 is 10.6 Å². The molecule has 8 heteroatoms. The van der Waals surface area contributed by atoms with Crippen LogP contribution in [0.15, 0.2) is 60.8 Å². The normalized spacial score (nSPS) is 15.6. The molecule has 3 aromatic rings. The topological polar surface area (TPSA) is 96.8 Å². The molecule has 1 aromatic heterocycles. The zero-order valence-corrected chi connectivity index (χ0v) is 17.6. The van der Waals surface area contributed by atoms with Gasteiger partial charge in [-0.25, -0.2) is 4.39 Å². The van der Waals surface area contributed by atoms with Crippen LogP contribution in [0, 0.1) is 17.1 Å². The molecular weight excluding hydrogens is 407 g/mol. The number of amides is 1. The molecule has 1 aliphatic heterocycles. The molecule has 2 heterocycles. The number of nitriles is 1. The van der Waals surface area contributed by atoms with Crippen molar-refractivity contribution in [2.45, 2.75) is 31.3 Å². The first-order valence-electron chi connectivity index (χ1n) is 10.6. The smallest absolute Gasteiger partial charge is 0.257 e. The SMILES string of the molecule is N#CCC1(NC(=O)c2cn[nH]c2Nc2ccccc2)CCN(Cc2cccc(F)c2)CC1. The number of anilines is 2. The Labute approximate surface area is 186 Å². The van der Waals surface area contributed by atoms with Crippen molar-refractivity contribution in [1.29, 1.82) is 5.26 Å². The Hall–Kier alpha value is -3.70. The van der Waals surface area contributed by atoms with Crippen LogP contribution in [0.5, 0.6) is 0 Å². The van der Waals surface area contributed by atoms with E-state index in [2.05, 4.69) is 31.8 Å². The Kier molecular flexibility index (Phi) is 6.47. The average molecular weight is 433 g/mol. The largest absolute Gasteiger partial charge is 0.345 e. The van der Waals surface area contributed by atoms with E-state index in [1.807, 2.05) is 36.4 Å². The van der Waals surface area contributed by atoms with Gasteiger partial charge in [-0.05, 0) is 42.7 Å². The number of piperidine rings is 1. The van der Waals surface area contributed by atoms with E-state index in [-0.39, 0.29) is 18.1 Å². The Bertz CT molecular complexity index is 1100. The van der Waals surface area contributed by atoms with Gasteiger partial charge in [-0.3, -0.25) is 14.8 Å². The van der Waals surface area contributed by atoms with E-state index in [0.29, 0.717) is 43.9 Å². The molecule has 1 aliphatic rings. The zero-order chi connectivity index (χ0) is 22.4. The number of likely N-dealkylation sites (tertiary alicyclic amines) is 1. The number of rotatable bonds is 7. The van der Waals surface area contributed by atoms with E-state index in [4.69, 9.17) is 0 Å². The van der Waals surface area contributed by atoms with Gasteiger partial charge in [0.2, 0.25) is 0 Å². The fraction of sp³-hybridized carbons (Fsp3) is 0.292.